The lowest BCUT2D eigenvalue weighted by atomic mass is 9.79. The average Bonchev–Trinajstić information content (AvgIpc) is 2.95. The predicted octanol–water partition coefficient (Wildman–Crippen LogP) is 1.47. The summed E-state index contributed by atoms with van der Waals surface area (Å²) in [7, 11) is -3.44. The number of hydrogen-bond acceptors (Lipinski definition) is 4. The standard InChI is InChI=1S/C14H25N3O3S/c1-3-14(2)5-8-17(9-6-14)21(19,20)13-11-15-16(12-13)7-4-10-18/h11-12,18H,3-10H2,1-2H3. The molecule has 0 bridgehead atoms. The summed E-state index contributed by atoms with van der Waals surface area (Å²) in [5.41, 5.74) is 0.261. The van der Waals surface area contributed by atoms with Crippen LogP contribution in [0.4, 0.5) is 0 Å². The molecule has 2 rings (SSSR count). The summed E-state index contributed by atoms with van der Waals surface area (Å²) in [6.45, 7) is 6.14. The monoisotopic (exact) mass is 315 g/mol. The van der Waals surface area contributed by atoms with Crippen molar-refractivity contribution in [3.05, 3.63) is 12.4 Å². The maximum absolute atomic E-state index is 12.6. The molecule has 0 radical (unpaired) electrons. The van der Waals surface area contributed by atoms with E-state index in [1.165, 1.54) is 6.20 Å². The van der Waals surface area contributed by atoms with Gasteiger partial charge in [-0.2, -0.15) is 9.40 Å². The summed E-state index contributed by atoms with van der Waals surface area (Å²) in [6, 6.07) is 0. The highest BCUT2D eigenvalue weighted by atomic mass is 32.2. The molecule has 0 atom stereocenters. The zero-order valence-electron chi connectivity index (χ0n) is 12.8. The summed E-state index contributed by atoms with van der Waals surface area (Å²) in [4.78, 5) is 0.251. The van der Waals surface area contributed by atoms with Crippen molar-refractivity contribution in [2.75, 3.05) is 19.7 Å². The van der Waals surface area contributed by atoms with Gasteiger partial charge in [-0.3, -0.25) is 4.68 Å². The lowest BCUT2D eigenvalue weighted by Crippen LogP contribution is -2.41. The topological polar surface area (TPSA) is 75.4 Å². The molecule has 120 valence electrons. The van der Waals surface area contributed by atoms with E-state index in [-0.39, 0.29) is 16.9 Å². The summed E-state index contributed by atoms with van der Waals surface area (Å²) in [5.74, 6) is 0. The van der Waals surface area contributed by atoms with E-state index in [4.69, 9.17) is 5.11 Å². The number of aromatic nitrogens is 2. The van der Waals surface area contributed by atoms with E-state index in [9.17, 15) is 8.42 Å². The van der Waals surface area contributed by atoms with Crippen molar-refractivity contribution in [1.82, 2.24) is 14.1 Å². The Hall–Kier alpha value is -0.920. The van der Waals surface area contributed by atoms with E-state index in [0.717, 1.165) is 19.3 Å². The van der Waals surface area contributed by atoms with Gasteiger partial charge in [-0.15, -0.1) is 0 Å². The lowest BCUT2D eigenvalue weighted by molar-refractivity contribution is 0.169. The zero-order valence-corrected chi connectivity index (χ0v) is 13.6. The second-order valence-electron chi connectivity index (χ2n) is 6.08. The molecule has 1 aliphatic heterocycles. The van der Waals surface area contributed by atoms with Crippen LogP contribution in [-0.2, 0) is 16.6 Å². The molecule has 21 heavy (non-hydrogen) atoms. The first-order valence-electron chi connectivity index (χ1n) is 7.55. The Kier molecular flexibility index (Phi) is 5.06. The highest BCUT2D eigenvalue weighted by molar-refractivity contribution is 7.89. The molecule has 0 aliphatic carbocycles. The summed E-state index contributed by atoms with van der Waals surface area (Å²) in [5, 5.41) is 12.9. The Labute approximate surface area is 126 Å². The highest BCUT2D eigenvalue weighted by Gasteiger charge is 2.34. The minimum absolute atomic E-state index is 0.0731. The van der Waals surface area contributed by atoms with Crippen molar-refractivity contribution >= 4 is 10.0 Å². The quantitative estimate of drug-likeness (QED) is 0.862. The van der Waals surface area contributed by atoms with E-state index in [0.29, 0.717) is 26.1 Å². The fourth-order valence-electron chi connectivity index (χ4n) is 2.60. The van der Waals surface area contributed by atoms with Gasteiger partial charge >= 0.3 is 0 Å². The first-order valence-corrected chi connectivity index (χ1v) is 8.99. The van der Waals surface area contributed by atoms with Crippen LogP contribution in [0.25, 0.3) is 0 Å². The van der Waals surface area contributed by atoms with Crippen molar-refractivity contribution in [2.24, 2.45) is 5.41 Å². The largest absolute Gasteiger partial charge is 0.396 e. The zero-order chi connectivity index (χ0) is 15.5. The molecule has 1 fully saturated rings. The van der Waals surface area contributed by atoms with Crippen molar-refractivity contribution in [3.8, 4) is 0 Å². The molecule has 1 aromatic heterocycles. The Morgan fingerprint density at radius 1 is 1.38 bits per heavy atom. The fraction of sp³-hybridized carbons (Fsp3) is 0.786. The van der Waals surface area contributed by atoms with Gasteiger partial charge in [0.2, 0.25) is 10.0 Å². The maximum atomic E-state index is 12.6. The second-order valence-corrected chi connectivity index (χ2v) is 8.02. The molecule has 6 nitrogen and oxygen atoms in total. The van der Waals surface area contributed by atoms with Gasteiger partial charge in [0, 0.05) is 32.4 Å². The fourth-order valence-corrected chi connectivity index (χ4v) is 4.00. The van der Waals surface area contributed by atoms with E-state index >= 15 is 0 Å². The molecule has 0 aromatic carbocycles. The molecular weight excluding hydrogens is 290 g/mol. The van der Waals surface area contributed by atoms with Crippen LogP contribution in [0.1, 0.15) is 39.5 Å². The molecule has 0 unspecified atom stereocenters. The van der Waals surface area contributed by atoms with Crippen LogP contribution in [0.5, 0.6) is 0 Å². The van der Waals surface area contributed by atoms with E-state index in [1.54, 1.807) is 15.2 Å². The van der Waals surface area contributed by atoms with E-state index in [2.05, 4.69) is 18.9 Å². The lowest BCUT2D eigenvalue weighted by Gasteiger charge is -2.37. The van der Waals surface area contributed by atoms with Crippen LogP contribution in [-0.4, -0.2) is 47.3 Å². The first kappa shape index (κ1) is 16.5. The number of aryl methyl sites for hydroxylation is 1. The van der Waals surface area contributed by atoms with Gasteiger partial charge in [-0.1, -0.05) is 20.3 Å². The average molecular weight is 315 g/mol. The van der Waals surface area contributed by atoms with Crippen molar-refractivity contribution < 1.29 is 13.5 Å². The minimum Gasteiger partial charge on any atom is -0.396 e. The number of piperidine rings is 1. The Bertz CT molecular complexity index is 560. The third-order valence-corrected chi connectivity index (χ3v) is 6.43. The van der Waals surface area contributed by atoms with Gasteiger partial charge in [0.25, 0.3) is 0 Å². The molecule has 1 saturated heterocycles. The third kappa shape index (κ3) is 3.64. The number of hydrogen-bond donors (Lipinski definition) is 1. The molecular formula is C14H25N3O3S. The Morgan fingerprint density at radius 3 is 2.62 bits per heavy atom. The molecule has 1 aromatic rings. The molecule has 1 N–H and O–H groups in total. The van der Waals surface area contributed by atoms with Crippen molar-refractivity contribution in [1.29, 1.82) is 0 Å². The van der Waals surface area contributed by atoms with Gasteiger partial charge < -0.3 is 5.11 Å². The van der Waals surface area contributed by atoms with Crippen LogP contribution in [0.3, 0.4) is 0 Å². The van der Waals surface area contributed by atoms with E-state index in [1.807, 2.05) is 0 Å². The molecule has 2 heterocycles. The molecule has 0 saturated carbocycles. The third-order valence-electron chi connectivity index (χ3n) is 4.58. The number of rotatable bonds is 6. The van der Waals surface area contributed by atoms with E-state index < -0.39 is 10.0 Å². The van der Waals surface area contributed by atoms with Crippen LogP contribution in [0.15, 0.2) is 17.3 Å². The first-order chi connectivity index (χ1) is 9.91. The van der Waals surface area contributed by atoms with Crippen LogP contribution in [0, 0.1) is 5.41 Å². The highest BCUT2D eigenvalue weighted by Crippen LogP contribution is 2.35. The Morgan fingerprint density at radius 2 is 2.05 bits per heavy atom. The molecule has 0 spiro atoms. The maximum Gasteiger partial charge on any atom is 0.246 e. The Balaban J connectivity index is 2.07. The van der Waals surface area contributed by atoms with Gasteiger partial charge in [-0.05, 0) is 24.7 Å². The number of sulfonamides is 1. The summed E-state index contributed by atoms with van der Waals surface area (Å²) < 4.78 is 28.3. The summed E-state index contributed by atoms with van der Waals surface area (Å²) in [6.07, 6.45) is 6.42. The predicted molar refractivity (Wildman–Crippen MR) is 80.3 cm³/mol. The van der Waals surface area contributed by atoms with Crippen LogP contribution < -0.4 is 0 Å². The summed E-state index contributed by atoms with van der Waals surface area (Å²) >= 11 is 0. The van der Waals surface area contributed by atoms with Gasteiger partial charge in [0.15, 0.2) is 0 Å². The SMILES string of the molecule is CCC1(C)CCN(S(=O)(=O)c2cnn(CCCO)c2)CC1. The smallest absolute Gasteiger partial charge is 0.246 e. The number of nitrogens with zero attached hydrogens (tertiary/aromatic N) is 3. The minimum atomic E-state index is -3.44. The van der Waals surface area contributed by atoms with Crippen molar-refractivity contribution in [2.45, 2.75) is 51.0 Å². The van der Waals surface area contributed by atoms with Crippen LogP contribution >= 0.6 is 0 Å². The van der Waals surface area contributed by atoms with Gasteiger partial charge in [0.05, 0.1) is 6.20 Å². The van der Waals surface area contributed by atoms with Gasteiger partial charge in [-0.25, -0.2) is 8.42 Å². The van der Waals surface area contributed by atoms with Gasteiger partial charge in [0.1, 0.15) is 4.90 Å². The number of aliphatic hydroxyl groups is 1. The van der Waals surface area contributed by atoms with Crippen LogP contribution in [0.2, 0.25) is 0 Å². The molecule has 0 amide bonds. The second kappa shape index (κ2) is 6.46. The van der Waals surface area contributed by atoms with Crippen molar-refractivity contribution in [3.63, 3.8) is 0 Å². The molecule has 7 heteroatoms. The molecule has 1 aliphatic rings. The number of aliphatic hydroxyl groups excluding tert-OH is 1. The normalized spacial score (nSPS) is 19.8.